The number of aromatic amines is 1. The summed E-state index contributed by atoms with van der Waals surface area (Å²) in [5.74, 6) is -0.104. The number of nitrogens with one attached hydrogen (secondary N) is 3. The Hall–Kier alpha value is -1.07. The van der Waals surface area contributed by atoms with Crippen molar-refractivity contribution in [1.82, 2.24) is 20.8 Å². The minimum absolute atomic E-state index is 0. The fraction of sp³-hybridized carbons (Fsp3) is 0.600. The number of amides is 1. The molecule has 2 rings (SSSR count). The van der Waals surface area contributed by atoms with Crippen LogP contribution in [-0.4, -0.2) is 35.2 Å². The van der Waals surface area contributed by atoms with Crippen LogP contribution in [0.3, 0.4) is 0 Å². The maximum Gasteiger partial charge on any atom is 0.271 e. The molecule has 3 N–H and O–H groups in total. The van der Waals surface area contributed by atoms with Crippen LogP contribution in [-0.2, 0) is 0 Å². The molecule has 0 spiro atoms. The molecule has 1 amide bonds. The molecule has 0 aromatic carbocycles. The summed E-state index contributed by atoms with van der Waals surface area (Å²) in [6.07, 6.45) is 2.34. The van der Waals surface area contributed by atoms with Crippen LogP contribution in [0.2, 0.25) is 0 Å². The van der Waals surface area contributed by atoms with Crippen molar-refractivity contribution in [2.75, 3.05) is 13.1 Å². The Morgan fingerprint density at radius 3 is 3.06 bits per heavy atom. The third-order valence-electron chi connectivity index (χ3n) is 2.61. The lowest BCUT2D eigenvalue weighted by atomic mass is 10.2. The highest BCUT2D eigenvalue weighted by Crippen LogP contribution is 2.03. The van der Waals surface area contributed by atoms with Crippen molar-refractivity contribution in [3.8, 4) is 0 Å². The predicted octanol–water partition coefficient (Wildman–Crippen LogP) is 0.622. The first kappa shape index (κ1) is 13.0. The van der Waals surface area contributed by atoms with Crippen molar-refractivity contribution < 1.29 is 4.79 Å². The number of carbonyl (C=O) groups is 1. The van der Waals surface area contributed by atoms with E-state index in [4.69, 9.17) is 0 Å². The van der Waals surface area contributed by atoms with Crippen LogP contribution < -0.4 is 10.6 Å². The van der Waals surface area contributed by atoms with Gasteiger partial charge in [0.25, 0.3) is 5.91 Å². The molecule has 90 valence electrons. The molecule has 2 heterocycles. The lowest BCUT2D eigenvalue weighted by molar-refractivity contribution is 0.0945. The van der Waals surface area contributed by atoms with E-state index in [1.807, 2.05) is 6.92 Å². The Kier molecular flexibility index (Phi) is 4.76. The summed E-state index contributed by atoms with van der Waals surface area (Å²) in [6, 6.07) is 2.17. The topological polar surface area (TPSA) is 69.8 Å². The van der Waals surface area contributed by atoms with Crippen molar-refractivity contribution in [3.05, 3.63) is 17.5 Å². The van der Waals surface area contributed by atoms with Gasteiger partial charge >= 0.3 is 0 Å². The molecule has 1 unspecified atom stereocenters. The zero-order valence-corrected chi connectivity index (χ0v) is 10.1. The van der Waals surface area contributed by atoms with E-state index in [0.717, 1.165) is 18.7 Å². The van der Waals surface area contributed by atoms with Crippen molar-refractivity contribution in [2.45, 2.75) is 25.8 Å². The van der Waals surface area contributed by atoms with Crippen molar-refractivity contribution >= 4 is 18.3 Å². The standard InChI is InChI=1S/C10H16N4O.ClH/c1-7-5-9(14-13-7)10(15)12-6-8-3-2-4-11-8;/h5,8,11H,2-4,6H2,1H3,(H,12,15)(H,13,14);1H. The van der Waals surface area contributed by atoms with E-state index in [1.165, 1.54) is 6.42 Å². The minimum atomic E-state index is -0.104. The third kappa shape index (κ3) is 3.21. The number of hydrogen-bond donors (Lipinski definition) is 3. The average Bonchev–Trinajstić information content (AvgIpc) is 2.84. The van der Waals surface area contributed by atoms with Gasteiger partial charge in [-0.3, -0.25) is 9.89 Å². The number of H-pyrrole nitrogens is 1. The lowest BCUT2D eigenvalue weighted by Gasteiger charge is -2.10. The van der Waals surface area contributed by atoms with Gasteiger partial charge < -0.3 is 10.6 Å². The molecule has 1 aromatic heterocycles. The second-order valence-corrected chi connectivity index (χ2v) is 3.94. The molecule has 0 saturated carbocycles. The van der Waals surface area contributed by atoms with E-state index in [0.29, 0.717) is 18.3 Å². The molecule has 0 radical (unpaired) electrons. The van der Waals surface area contributed by atoms with Gasteiger partial charge in [-0.1, -0.05) is 0 Å². The van der Waals surface area contributed by atoms with Crippen LogP contribution in [0.25, 0.3) is 0 Å². The normalized spacial score (nSPS) is 19.2. The smallest absolute Gasteiger partial charge is 0.271 e. The fourth-order valence-electron chi connectivity index (χ4n) is 1.77. The van der Waals surface area contributed by atoms with E-state index >= 15 is 0 Å². The first-order chi connectivity index (χ1) is 7.25. The molecule has 0 bridgehead atoms. The largest absolute Gasteiger partial charge is 0.349 e. The molecule has 1 aromatic rings. The SMILES string of the molecule is Cc1cc(C(=O)NCC2CCCN2)n[nH]1.Cl. The zero-order chi connectivity index (χ0) is 10.7. The average molecular weight is 245 g/mol. The highest BCUT2D eigenvalue weighted by atomic mass is 35.5. The predicted molar refractivity (Wildman–Crippen MR) is 63.9 cm³/mol. The van der Waals surface area contributed by atoms with Crippen molar-refractivity contribution in [3.63, 3.8) is 0 Å². The quantitative estimate of drug-likeness (QED) is 0.730. The highest BCUT2D eigenvalue weighted by molar-refractivity contribution is 5.92. The number of hydrogen-bond acceptors (Lipinski definition) is 3. The Morgan fingerprint density at radius 2 is 2.50 bits per heavy atom. The summed E-state index contributed by atoms with van der Waals surface area (Å²) < 4.78 is 0. The van der Waals surface area contributed by atoms with Crippen molar-refractivity contribution in [1.29, 1.82) is 0 Å². The molecule has 1 atom stereocenters. The number of carbonyl (C=O) groups excluding carboxylic acids is 1. The first-order valence-electron chi connectivity index (χ1n) is 5.29. The van der Waals surface area contributed by atoms with Crippen LogP contribution >= 0.6 is 12.4 Å². The van der Waals surface area contributed by atoms with Gasteiger partial charge in [0.15, 0.2) is 0 Å². The highest BCUT2D eigenvalue weighted by Gasteiger charge is 2.16. The van der Waals surface area contributed by atoms with Gasteiger partial charge in [-0.2, -0.15) is 5.10 Å². The molecule has 6 heteroatoms. The second-order valence-electron chi connectivity index (χ2n) is 3.94. The number of nitrogens with zero attached hydrogens (tertiary/aromatic N) is 1. The van der Waals surface area contributed by atoms with Crippen molar-refractivity contribution in [2.24, 2.45) is 0 Å². The Labute approximate surface area is 101 Å². The monoisotopic (exact) mass is 244 g/mol. The number of rotatable bonds is 3. The number of aryl methyl sites for hydroxylation is 1. The molecule has 1 aliphatic rings. The maximum atomic E-state index is 11.6. The van der Waals surface area contributed by atoms with Gasteiger partial charge in [-0.25, -0.2) is 0 Å². The summed E-state index contributed by atoms with van der Waals surface area (Å²) in [5.41, 5.74) is 1.37. The fourth-order valence-corrected chi connectivity index (χ4v) is 1.77. The Bertz CT molecular complexity index is 346. The van der Waals surface area contributed by atoms with Gasteiger partial charge in [0, 0.05) is 18.3 Å². The number of aromatic nitrogens is 2. The first-order valence-corrected chi connectivity index (χ1v) is 5.29. The van der Waals surface area contributed by atoms with Gasteiger partial charge in [-0.05, 0) is 32.4 Å². The van der Waals surface area contributed by atoms with Crippen LogP contribution in [0.5, 0.6) is 0 Å². The summed E-state index contributed by atoms with van der Waals surface area (Å²) >= 11 is 0. The maximum absolute atomic E-state index is 11.6. The van der Waals surface area contributed by atoms with E-state index in [2.05, 4.69) is 20.8 Å². The van der Waals surface area contributed by atoms with Crippen LogP contribution in [0.4, 0.5) is 0 Å². The van der Waals surface area contributed by atoms with Gasteiger partial charge in [0.05, 0.1) is 0 Å². The Balaban J connectivity index is 0.00000128. The summed E-state index contributed by atoms with van der Waals surface area (Å²) in [6.45, 7) is 3.62. The summed E-state index contributed by atoms with van der Waals surface area (Å²) in [5, 5.41) is 12.9. The van der Waals surface area contributed by atoms with Crippen LogP contribution in [0, 0.1) is 6.92 Å². The van der Waals surface area contributed by atoms with E-state index in [9.17, 15) is 4.79 Å². The lowest BCUT2D eigenvalue weighted by Crippen LogP contribution is -2.37. The van der Waals surface area contributed by atoms with E-state index < -0.39 is 0 Å². The molecule has 5 nitrogen and oxygen atoms in total. The summed E-state index contributed by atoms with van der Waals surface area (Å²) in [4.78, 5) is 11.6. The zero-order valence-electron chi connectivity index (χ0n) is 9.25. The molecular formula is C10H17ClN4O. The van der Waals surface area contributed by atoms with E-state index in [-0.39, 0.29) is 18.3 Å². The van der Waals surface area contributed by atoms with Gasteiger partial charge in [-0.15, -0.1) is 12.4 Å². The third-order valence-corrected chi connectivity index (χ3v) is 2.61. The van der Waals surface area contributed by atoms with E-state index in [1.54, 1.807) is 6.07 Å². The molecule has 1 aliphatic heterocycles. The number of halogens is 1. The molecule has 1 saturated heterocycles. The minimum Gasteiger partial charge on any atom is -0.349 e. The summed E-state index contributed by atoms with van der Waals surface area (Å²) in [7, 11) is 0. The molecule has 16 heavy (non-hydrogen) atoms. The molecular weight excluding hydrogens is 228 g/mol. The molecule has 1 fully saturated rings. The Morgan fingerprint density at radius 1 is 1.69 bits per heavy atom. The van der Waals surface area contributed by atoms with Crippen LogP contribution in [0.15, 0.2) is 6.07 Å². The van der Waals surface area contributed by atoms with Gasteiger partial charge in [0.2, 0.25) is 0 Å². The van der Waals surface area contributed by atoms with Crippen LogP contribution in [0.1, 0.15) is 29.0 Å². The van der Waals surface area contributed by atoms with Gasteiger partial charge in [0.1, 0.15) is 5.69 Å². The second kappa shape index (κ2) is 5.86. The molecule has 0 aliphatic carbocycles.